The molecule has 2 N–H and O–H groups in total. The van der Waals surface area contributed by atoms with Gasteiger partial charge in [0.15, 0.2) is 13.2 Å². The smallest absolute Gasteiger partial charge is 0.483 e. The molecule has 0 aromatic heterocycles. The highest BCUT2D eigenvalue weighted by atomic mass is 16.7. The van der Waals surface area contributed by atoms with E-state index in [2.05, 4.69) is 5.11 Å². The summed E-state index contributed by atoms with van der Waals surface area (Å²) >= 11 is 0. The second kappa shape index (κ2) is 6.08. The molecule has 0 radical (unpaired) electrons. The maximum absolute atomic E-state index is 11.2. The molecule has 0 saturated heterocycles. The van der Waals surface area contributed by atoms with Crippen LogP contribution in [0.2, 0.25) is 0 Å². The highest BCUT2D eigenvalue weighted by Gasteiger charge is 2.53. The van der Waals surface area contributed by atoms with Gasteiger partial charge in [-0.1, -0.05) is 0 Å². The molecule has 16 heavy (non-hydrogen) atoms. The van der Waals surface area contributed by atoms with Crippen LogP contribution in [0.1, 0.15) is 13.3 Å². The Hall–Kier alpha value is -1.61. The zero-order valence-corrected chi connectivity index (χ0v) is 8.70. The first-order chi connectivity index (χ1) is 7.40. The first-order valence-corrected chi connectivity index (χ1v) is 4.41. The Balaban J connectivity index is 4.80. The van der Waals surface area contributed by atoms with Crippen LogP contribution >= 0.6 is 0 Å². The van der Waals surface area contributed by atoms with Gasteiger partial charge in [-0.3, -0.25) is 14.9 Å². The van der Waals surface area contributed by atoms with Crippen molar-refractivity contribution < 1.29 is 24.8 Å². The van der Waals surface area contributed by atoms with Crippen molar-refractivity contribution in [2.24, 2.45) is 5.11 Å². The van der Waals surface area contributed by atoms with Gasteiger partial charge in [0.25, 0.3) is 0 Å². The highest BCUT2D eigenvalue weighted by Crippen LogP contribution is 2.10. The lowest BCUT2D eigenvalue weighted by atomic mass is 10.2. The van der Waals surface area contributed by atoms with Crippen molar-refractivity contribution in [2.45, 2.75) is 19.0 Å². The average molecular weight is 235 g/mol. The summed E-state index contributed by atoms with van der Waals surface area (Å²) in [5.41, 5.74) is -2.59. The van der Waals surface area contributed by atoms with Crippen LogP contribution in [-0.2, 0) is 4.79 Å². The van der Waals surface area contributed by atoms with E-state index in [-0.39, 0.29) is 23.6 Å². The Morgan fingerprint density at radius 1 is 1.38 bits per heavy atom. The number of hydrogen-bond donors (Lipinski definition) is 2. The average Bonchev–Trinajstić information content (AvgIpc) is 2.19. The van der Waals surface area contributed by atoms with Gasteiger partial charge in [0.2, 0.25) is 0 Å². The van der Waals surface area contributed by atoms with Gasteiger partial charge in [0, 0.05) is 6.42 Å². The van der Waals surface area contributed by atoms with Crippen molar-refractivity contribution in [1.82, 2.24) is 0 Å². The number of azo groups is 1. The van der Waals surface area contributed by atoms with Crippen molar-refractivity contribution in [1.29, 1.82) is 0 Å². The van der Waals surface area contributed by atoms with E-state index in [9.17, 15) is 20.1 Å². The molecule has 0 aromatic rings. The number of aliphatic hydroxyl groups excluding tert-OH is 2. The Morgan fingerprint density at radius 3 is 2.19 bits per heavy atom. The molecule has 9 heteroatoms. The molecule has 0 amide bonds. The molecule has 0 fully saturated rings. The Bertz CT molecular complexity index is 298. The van der Waals surface area contributed by atoms with Crippen LogP contribution in [0.15, 0.2) is 5.11 Å². The summed E-state index contributed by atoms with van der Waals surface area (Å²) in [6.07, 6.45) is -0.0383. The van der Waals surface area contributed by atoms with E-state index in [0.29, 0.717) is 0 Å². The number of ketones is 1. The number of nitrogens with zero attached hydrogens (tertiary/aromatic N) is 3. The van der Waals surface area contributed by atoms with E-state index < -0.39 is 23.8 Å². The first kappa shape index (κ1) is 14.4. The minimum atomic E-state index is -2.59. The molecular weight excluding hydrogens is 222 g/mol. The zero-order chi connectivity index (χ0) is 12.8. The van der Waals surface area contributed by atoms with E-state index in [1.807, 2.05) is 0 Å². The third-order valence-corrected chi connectivity index (χ3v) is 1.89. The van der Waals surface area contributed by atoms with Crippen LogP contribution in [0.5, 0.6) is 0 Å². The summed E-state index contributed by atoms with van der Waals surface area (Å²) in [7, 11) is 0. The van der Waals surface area contributed by atoms with Crippen LogP contribution in [0, 0.1) is 15.3 Å². The minimum Gasteiger partial charge on any atom is -0.594 e. The molecule has 0 aromatic carbocycles. The van der Waals surface area contributed by atoms with Gasteiger partial charge in [-0.15, -0.1) is 0 Å². The van der Waals surface area contributed by atoms with Crippen molar-refractivity contribution >= 4 is 5.78 Å². The van der Waals surface area contributed by atoms with Crippen molar-refractivity contribution in [3.05, 3.63) is 15.3 Å². The SMILES string of the molecule is CC(=O)CCN=[N+]([O-])C(CO)(CO)[N+](=O)[O-]. The predicted octanol–water partition coefficient (Wildman–Crippen LogP) is -1.11. The number of carbonyl (C=O) groups is 1. The van der Waals surface area contributed by atoms with E-state index in [1.54, 1.807) is 0 Å². The number of Topliss-reactive ketones (excluding diaryl/α,β-unsaturated/α-hetero) is 1. The topological polar surface area (TPSA) is 139 Å². The fraction of sp³-hybridized carbons (Fsp3) is 0.857. The normalized spacial score (nSPS) is 12.6. The van der Waals surface area contributed by atoms with Crippen LogP contribution in [-0.4, -0.2) is 51.2 Å². The molecule has 9 nitrogen and oxygen atoms in total. The van der Waals surface area contributed by atoms with Gasteiger partial charge < -0.3 is 15.4 Å². The second-order valence-corrected chi connectivity index (χ2v) is 3.15. The second-order valence-electron chi connectivity index (χ2n) is 3.15. The summed E-state index contributed by atoms with van der Waals surface area (Å²) < 4.78 is 0. The van der Waals surface area contributed by atoms with Crippen LogP contribution in [0.25, 0.3) is 0 Å². The molecule has 0 saturated carbocycles. The molecule has 0 spiro atoms. The van der Waals surface area contributed by atoms with Crippen LogP contribution < -0.4 is 0 Å². The zero-order valence-electron chi connectivity index (χ0n) is 8.70. The maximum Gasteiger partial charge on any atom is 0.483 e. The molecular formula is C7H13N3O6. The number of nitro groups is 1. The summed E-state index contributed by atoms with van der Waals surface area (Å²) in [6, 6.07) is 0. The quantitative estimate of drug-likeness (QED) is 0.188. The van der Waals surface area contributed by atoms with Gasteiger partial charge in [0.1, 0.15) is 17.3 Å². The van der Waals surface area contributed by atoms with Gasteiger partial charge in [-0.25, -0.2) is 0 Å². The summed E-state index contributed by atoms with van der Waals surface area (Å²) in [6.45, 7) is -1.30. The summed E-state index contributed by atoms with van der Waals surface area (Å²) in [5, 5.41) is 42.5. The van der Waals surface area contributed by atoms with Crippen LogP contribution in [0.3, 0.4) is 0 Å². The molecule has 0 aliphatic heterocycles. The van der Waals surface area contributed by atoms with Crippen molar-refractivity contribution in [3.63, 3.8) is 0 Å². The number of hydroxylamine groups is 1. The molecule has 0 atom stereocenters. The number of aliphatic hydroxyl groups is 2. The van der Waals surface area contributed by atoms with Crippen LogP contribution in [0.4, 0.5) is 0 Å². The Labute approximate surface area is 90.7 Å². The highest BCUT2D eigenvalue weighted by molar-refractivity contribution is 5.75. The maximum atomic E-state index is 11.2. The van der Waals surface area contributed by atoms with E-state index in [1.165, 1.54) is 6.92 Å². The van der Waals surface area contributed by atoms with E-state index >= 15 is 0 Å². The molecule has 0 bridgehead atoms. The monoisotopic (exact) mass is 235 g/mol. The number of hydrogen-bond acceptors (Lipinski definition) is 7. The fourth-order valence-electron chi connectivity index (χ4n) is 0.786. The summed E-state index contributed by atoms with van der Waals surface area (Å²) in [5.74, 6) is -0.225. The standard InChI is InChI=1S/C7H13N3O6/c1-6(13)2-3-8-9(14)7(4-11,5-12)10(15)16/h11-12H,2-5H2,1H3. The predicted molar refractivity (Wildman–Crippen MR) is 50.1 cm³/mol. The number of rotatable bonds is 7. The van der Waals surface area contributed by atoms with E-state index in [4.69, 9.17) is 10.2 Å². The van der Waals surface area contributed by atoms with Crippen molar-refractivity contribution in [3.8, 4) is 0 Å². The minimum absolute atomic E-state index is 0.0383. The third kappa shape index (κ3) is 3.21. The fourth-order valence-corrected chi connectivity index (χ4v) is 0.786. The van der Waals surface area contributed by atoms with Gasteiger partial charge >= 0.3 is 5.66 Å². The summed E-state index contributed by atoms with van der Waals surface area (Å²) in [4.78, 5) is 19.6. The van der Waals surface area contributed by atoms with Gasteiger partial charge in [0.05, 0.1) is 0 Å². The lowest BCUT2D eigenvalue weighted by Gasteiger charge is -2.16. The van der Waals surface area contributed by atoms with E-state index in [0.717, 1.165) is 0 Å². The molecule has 0 unspecified atom stereocenters. The van der Waals surface area contributed by atoms with Gasteiger partial charge in [-0.05, 0) is 16.9 Å². The Kier molecular flexibility index (Phi) is 5.47. The third-order valence-electron chi connectivity index (χ3n) is 1.89. The molecule has 0 heterocycles. The lowest BCUT2D eigenvalue weighted by Crippen LogP contribution is -2.53. The van der Waals surface area contributed by atoms with Gasteiger partial charge in [-0.2, -0.15) is 0 Å². The molecule has 0 rings (SSSR count). The largest absolute Gasteiger partial charge is 0.594 e. The molecule has 0 aliphatic rings. The van der Waals surface area contributed by atoms with Crippen molar-refractivity contribution in [2.75, 3.05) is 19.8 Å². The first-order valence-electron chi connectivity index (χ1n) is 4.41. The Morgan fingerprint density at radius 2 is 1.88 bits per heavy atom. The number of carbonyl (C=O) groups excluding carboxylic acids is 1. The molecule has 0 aliphatic carbocycles. The molecule has 92 valence electrons. The lowest BCUT2D eigenvalue weighted by molar-refractivity contribution is -0.819.